The van der Waals surface area contributed by atoms with E-state index in [0.29, 0.717) is 48.7 Å². The zero-order chi connectivity index (χ0) is 26.5. The van der Waals surface area contributed by atoms with Crippen molar-refractivity contribution in [3.8, 4) is 0 Å². The Morgan fingerprint density at radius 3 is 2.53 bits per heavy atom. The average Bonchev–Trinajstić information content (AvgIpc) is 3.06. The fourth-order valence-electron chi connectivity index (χ4n) is 4.38. The number of benzene rings is 2. The summed E-state index contributed by atoms with van der Waals surface area (Å²) in [5.41, 5.74) is 1.56. The lowest BCUT2D eigenvalue weighted by Gasteiger charge is -2.11. The molecular weight excluding hydrogens is 495 g/mol. The van der Waals surface area contributed by atoms with Crippen LogP contribution in [0.3, 0.4) is 0 Å². The molecule has 1 N–H and O–H groups in total. The van der Waals surface area contributed by atoms with E-state index in [1.165, 1.54) is 6.07 Å². The van der Waals surface area contributed by atoms with Crippen LogP contribution in [0.1, 0.15) is 59.8 Å². The van der Waals surface area contributed by atoms with E-state index < -0.39 is 23.6 Å². The first-order valence-corrected chi connectivity index (χ1v) is 12.1. The van der Waals surface area contributed by atoms with Crippen molar-refractivity contribution in [3.63, 3.8) is 0 Å². The second-order valence-corrected chi connectivity index (χ2v) is 9.52. The highest BCUT2D eigenvalue weighted by Crippen LogP contribution is 2.35. The predicted molar refractivity (Wildman–Crippen MR) is 132 cm³/mol. The van der Waals surface area contributed by atoms with Gasteiger partial charge >= 0.3 is 12.1 Å². The molecule has 1 heterocycles. The molecule has 0 fully saturated rings. The Kier molecular flexibility index (Phi) is 9.19. The maximum absolute atomic E-state index is 13.4. The molecule has 2 aromatic carbocycles. The van der Waals surface area contributed by atoms with E-state index in [0.717, 1.165) is 17.7 Å². The molecule has 0 amide bonds. The summed E-state index contributed by atoms with van der Waals surface area (Å²) in [4.78, 5) is 24.3. The number of carbonyl (C=O) groups excluding carboxylic acids is 1. The van der Waals surface area contributed by atoms with Gasteiger partial charge in [0.15, 0.2) is 5.78 Å². The number of fused-ring (bicyclic) bond motifs is 1. The SMILES string of the molecule is C[C@H](CC(=O)O)CC(=O)c1c(CCCCOCc2cccc(Cl)c2)n(C)c2ccc(C(F)(F)F)cc12. The summed E-state index contributed by atoms with van der Waals surface area (Å²) in [6, 6.07) is 10.8. The van der Waals surface area contributed by atoms with E-state index in [2.05, 4.69) is 0 Å². The minimum atomic E-state index is -4.54. The topological polar surface area (TPSA) is 68.5 Å². The highest BCUT2D eigenvalue weighted by Gasteiger charge is 2.32. The van der Waals surface area contributed by atoms with Crippen molar-refractivity contribution >= 4 is 34.3 Å². The maximum Gasteiger partial charge on any atom is 0.416 e. The zero-order valence-corrected chi connectivity index (χ0v) is 21.0. The molecule has 0 unspecified atom stereocenters. The van der Waals surface area contributed by atoms with Gasteiger partial charge in [-0.1, -0.05) is 30.7 Å². The number of carboxylic acids is 1. The van der Waals surface area contributed by atoms with Crippen molar-refractivity contribution in [2.45, 2.75) is 51.8 Å². The first kappa shape index (κ1) is 27.7. The summed E-state index contributed by atoms with van der Waals surface area (Å²) in [6.07, 6.45) is -2.96. The average molecular weight is 524 g/mol. The van der Waals surface area contributed by atoms with Crippen molar-refractivity contribution in [2.75, 3.05) is 6.61 Å². The molecule has 0 aliphatic carbocycles. The fraction of sp³-hybridized carbons (Fsp3) is 0.407. The van der Waals surface area contributed by atoms with Crippen molar-refractivity contribution in [1.29, 1.82) is 0 Å². The number of aryl methyl sites for hydroxylation is 1. The largest absolute Gasteiger partial charge is 0.481 e. The predicted octanol–water partition coefficient (Wildman–Crippen LogP) is 7.07. The molecule has 3 aromatic rings. The highest BCUT2D eigenvalue weighted by atomic mass is 35.5. The van der Waals surface area contributed by atoms with E-state index in [9.17, 15) is 22.8 Å². The van der Waals surface area contributed by atoms with Gasteiger partial charge < -0.3 is 14.4 Å². The minimum absolute atomic E-state index is 0.0581. The number of halogens is 4. The standard InChI is InChI=1S/C27H29ClF3NO4/c1-17(13-25(34)35)12-24(33)26-21-15-19(27(29,30)31)9-10-22(21)32(2)23(26)8-3-4-11-36-16-18-6-5-7-20(28)14-18/h5-7,9-10,14-15,17H,3-4,8,11-13,16H2,1-2H3,(H,34,35)/t17-/m0/s1. The minimum Gasteiger partial charge on any atom is -0.481 e. The maximum atomic E-state index is 13.4. The van der Waals surface area contributed by atoms with Crippen LogP contribution >= 0.6 is 11.6 Å². The number of Topliss-reactive ketones (excluding diaryl/α,β-unsaturated/α-hetero) is 1. The van der Waals surface area contributed by atoms with Crippen molar-refractivity contribution in [3.05, 3.63) is 69.9 Å². The number of ether oxygens (including phenoxy) is 1. The van der Waals surface area contributed by atoms with Gasteiger partial charge in [0, 0.05) is 53.7 Å². The van der Waals surface area contributed by atoms with Crippen LogP contribution in [-0.2, 0) is 35.8 Å². The molecule has 5 nitrogen and oxygen atoms in total. The van der Waals surface area contributed by atoms with Crippen LogP contribution in [0, 0.1) is 5.92 Å². The first-order valence-electron chi connectivity index (χ1n) is 11.7. The molecule has 3 rings (SSSR count). The summed E-state index contributed by atoms with van der Waals surface area (Å²) in [5.74, 6) is -1.81. The van der Waals surface area contributed by atoms with E-state index in [-0.39, 0.29) is 29.6 Å². The summed E-state index contributed by atoms with van der Waals surface area (Å²) in [6.45, 7) is 2.54. The summed E-state index contributed by atoms with van der Waals surface area (Å²) < 4.78 is 47.7. The lowest BCUT2D eigenvalue weighted by molar-refractivity contribution is -0.138. The molecular formula is C27H29ClF3NO4. The van der Waals surface area contributed by atoms with Gasteiger partial charge in [-0.25, -0.2) is 0 Å². The number of aromatic nitrogens is 1. The molecule has 0 saturated carbocycles. The molecule has 194 valence electrons. The Hall–Kier alpha value is -2.84. The van der Waals surface area contributed by atoms with E-state index >= 15 is 0 Å². The van der Waals surface area contributed by atoms with E-state index in [1.807, 2.05) is 18.2 Å². The van der Waals surface area contributed by atoms with Crippen LogP contribution in [0.5, 0.6) is 0 Å². The van der Waals surface area contributed by atoms with Crippen LogP contribution in [0.15, 0.2) is 42.5 Å². The highest BCUT2D eigenvalue weighted by molar-refractivity contribution is 6.30. The van der Waals surface area contributed by atoms with E-state index in [4.69, 9.17) is 21.4 Å². The van der Waals surface area contributed by atoms with Crippen LogP contribution in [-0.4, -0.2) is 28.0 Å². The second kappa shape index (κ2) is 11.9. The van der Waals surface area contributed by atoms with E-state index in [1.54, 1.807) is 24.6 Å². The Labute approximate surface area is 212 Å². The van der Waals surface area contributed by atoms with Crippen LogP contribution < -0.4 is 0 Å². The van der Waals surface area contributed by atoms with Gasteiger partial charge in [-0.2, -0.15) is 13.2 Å². The third-order valence-corrected chi connectivity index (χ3v) is 6.33. The number of aliphatic carboxylic acids is 1. The first-order chi connectivity index (χ1) is 17.0. The van der Waals surface area contributed by atoms with Gasteiger partial charge in [0.25, 0.3) is 0 Å². The lowest BCUT2D eigenvalue weighted by atomic mass is 9.94. The fourth-order valence-corrected chi connectivity index (χ4v) is 4.59. The number of hydrogen-bond acceptors (Lipinski definition) is 3. The molecule has 0 saturated heterocycles. The molecule has 0 radical (unpaired) electrons. The van der Waals surface area contributed by atoms with Crippen LogP contribution in [0.25, 0.3) is 10.9 Å². The number of unbranched alkanes of at least 4 members (excludes halogenated alkanes) is 1. The Morgan fingerprint density at radius 2 is 1.86 bits per heavy atom. The smallest absolute Gasteiger partial charge is 0.416 e. The zero-order valence-electron chi connectivity index (χ0n) is 20.2. The number of alkyl halides is 3. The molecule has 1 aromatic heterocycles. The van der Waals surface area contributed by atoms with Gasteiger partial charge in [-0.3, -0.25) is 9.59 Å². The van der Waals surface area contributed by atoms with Gasteiger partial charge in [0.2, 0.25) is 0 Å². The molecule has 0 aliphatic rings. The number of carbonyl (C=O) groups is 2. The van der Waals surface area contributed by atoms with Crippen LogP contribution in [0.2, 0.25) is 5.02 Å². The Bertz CT molecular complexity index is 1240. The Balaban J connectivity index is 1.77. The third kappa shape index (κ3) is 7.11. The molecule has 0 spiro atoms. The molecule has 36 heavy (non-hydrogen) atoms. The van der Waals surface area contributed by atoms with Crippen molar-refractivity contribution < 1.29 is 32.6 Å². The third-order valence-electron chi connectivity index (χ3n) is 6.09. The van der Waals surface area contributed by atoms with Crippen molar-refractivity contribution in [1.82, 2.24) is 4.57 Å². The van der Waals surface area contributed by atoms with Gasteiger partial charge in [-0.15, -0.1) is 0 Å². The van der Waals surface area contributed by atoms with Gasteiger partial charge in [-0.05, 0) is 61.1 Å². The van der Waals surface area contributed by atoms with Crippen molar-refractivity contribution in [2.24, 2.45) is 13.0 Å². The van der Waals surface area contributed by atoms with Gasteiger partial charge in [0.05, 0.1) is 12.2 Å². The molecule has 0 bridgehead atoms. The number of rotatable bonds is 12. The normalized spacial score (nSPS) is 12.7. The number of ketones is 1. The molecule has 1 atom stereocenters. The molecule has 9 heteroatoms. The quantitative estimate of drug-likeness (QED) is 0.203. The number of hydrogen-bond donors (Lipinski definition) is 1. The summed E-state index contributed by atoms with van der Waals surface area (Å²) in [5, 5.41) is 9.92. The van der Waals surface area contributed by atoms with Crippen LogP contribution in [0.4, 0.5) is 13.2 Å². The number of nitrogens with zero attached hydrogens (tertiary/aromatic N) is 1. The van der Waals surface area contributed by atoms with Gasteiger partial charge in [0.1, 0.15) is 0 Å². The molecule has 0 aliphatic heterocycles. The number of carboxylic acid groups (broad SMARTS) is 1. The lowest BCUT2D eigenvalue weighted by Crippen LogP contribution is -2.12. The second-order valence-electron chi connectivity index (χ2n) is 9.08. The Morgan fingerprint density at radius 1 is 1.11 bits per heavy atom. The summed E-state index contributed by atoms with van der Waals surface area (Å²) in [7, 11) is 1.73. The monoisotopic (exact) mass is 523 g/mol. The summed E-state index contributed by atoms with van der Waals surface area (Å²) >= 11 is 5.98.